The maximum Gasteiger partial charge on any atom is 0.135 e. The monoisotopic (exact) mass is 228 g/mol. The molecule has 0 saturated carbocycles. The van der Waals surface area contributed by atoms with Crippen molar-refractivity contribution in [1.29, 1.82) is 0 Å². The molecule has 0 aliphatic heterocycles. The van der Waals surface area contributed by atoms with Gasteiger partial charge in [0.05, 0.1) is 0 Å². The first-order valence-corrected chi connectivity index (χ1v) is 5.62. The Kier molecular flexibility index (Phi) is 3.73. The highest BCUT2D eigenvalue weighted by Gasteiger charge is 2.05. The molecule has 0 spiro atoms. The number of nitrogens with one attached hydrogen (secondary N) is 1. The van der Waals surface area contributed by atoms with Crippen LogP contribution >= 0.6 is 0 Å². The van der Waals surface area contributed by atoms with Crippen LogP contribution in [-0.4, -0.2) is 12.0 Å². The van der Waals surface area contributed by atoms with E-state index < -0.39 is 0 Å². The van der Waals surface area contributed by atoms with E-state index in [0.29, 0.717) is 0 Å². The topological polar surface area (TPSA) is 34.2 Å². The third-order valence-electron chi connectivity index (χ3n) is 2.54. The van der Waals surface area contributed by atoms with Gasteiger partial charge in [-0.25, -0.2) is 0 Å². The fourth-order valence-electron chi connectivity index (χ4n) is 1.63. The summed E-state index contributed by atoms with van der Waals surface area (Å²) in [5.41, 5.74) is 2.18. The predicted octanol–water partition coefficient (Wildman–Crippen LogP) is 2.90. The minimum atomic E-state index is 0.745. The zero-order valence-electron chi connectivity index (χ0n) is 10.1. The number of rotatable bonds is 4. The summed E-state index contributed by atoms with van der Waals surface area (Å²) in [5.74, 6) is 1.74. The summed E-state index contributed by atoms with van der Waals surface area (Å²) in [6.07, 6.45) is 3.57. The normalized spacial score (nSPS) is 10.2. The number of hydrogen-bond acceptors (Lipinski definition) is 3. The lowest BCUT2D eigenvalue weighted by Gasteiger charge is -2.11. The molecule has 3 nitrogen and oxygen atoms in total. The van der Waals surface area contributed by atoms with E-state index in [2.05, 4.69) is 10.3 Å². The zero-order chi connectivity index (χ0) is 12.1. The molecule has 1 heterocycles. The van der Waals surface area contributed by atoms with Crippen LogP contribution in [0.15, 0.2) is 42.7 Å². The minimum Gasteiger partial charge on any atom is -0.457 e. The summed E-state index contributed by atoms with van der Waals surface area (Å²) >= 11 is 0. The number of para-hydroxylation sites is 1. The van der Waals surface area contributed by atoms with E-state index >= 15 is 0 Å². The summed E-state index contributed by atoms with van der Waals surface area (Å²) in [4.78, 5) is 4.11. The molecule has 0 amide bonds. The Labute approximate surface area is 101 Å². The maximum atomic E-state index is 5.91. The first kappa shape index (κ1) is 11.6. The van der Waals surface area contributed by atoms with Gasteiger partial charge < -0.3 is 10.1 Å². The Bertz CT molecular complexity index is 497. The van der Waals surface area contributed by atoms with Gasteiger partial charge in [0, 0.05) is 24.5 Å². The Morgan fingerprint density at radius 3 is 2.76 bits per heavy atom. The molecule has 1 N–H and O–H groups in total. The molecular weight excluding hydrogens is 212 g/mol. The number of pyridine rings is 1. The van der Waals surface area contributed by atoms with Crippen LogP contribution in [0.5, 0.6) is 11.5 Å². The molecule has 0 unspecified atom stereocenters. The van der Waals surface area contributed by atoms with Gasteiger partial charge in [-0.15, -0.1) is 0 Å². The van der Waals surface area contributed by atoms with Crippen molar-refractivity contribution in [1.82, 2.24) is 10.3 Å². The quantitative estimate of drug-likeness (QED) is 0.873. The number of aromatic nitrogens is 1. The third kappa shape index (κ3) is 2.82. The summed E-state index contributed by atoms with van der Waals surface area (Å²) in [5, 5.41) is 3.10. The third-order valence-corrected chi connectivity index (χ3v) is 2.54. The van der Waals surface area contributed by atoms with Gasteiger partial charge in [-0.3, -0.25) is 4.98 Å². The van der Waals surface area contributed by atoms with E-state index in [9.17, 15) is 0 Å². The molecule has 0 aliphatic carbocycles. The van der Waals surface area contributed by atoms with Crippen molar-refractivity contribution in [2.45, 2.75) is 13.5 Å². The first-order chi connectivity index (χ1) is 8.31. The molecule has 2 rings (SSSR count). The Balaban J connectivity index is 2.27. The lowest BCUT2D eigenvalue weighted by molar-refractivity contribution is 0.470. The molecule has 0 aliphatic rings. The van der Waals surface area contributed by atoms with Crippen LogP contribution in [0.25, 0.3) is 0 Å². The SMILES string of the molecule is CNCc1cnccc1Oc1ccccc1C. The number of benzene rings is 1. The van der Waals surface area contributed by atoms with Gasteiger partial charge in [-0.05, 0) is 31.7 Å². The molecule has 0 saturated heterocycles. The first-order valence-electron chi connectivity index (χ1n) is 5.62. The molecule has 1 aromatic carbocycles. The van der Waals surface area contributed by atoms with Crippen molar-refractivity contribution in [3.8, 4) is 11.5 Å². The van der Waals surface area contributed by atoms with Gasteiger partial charge in [0.2, 0.25) is 0 Å². The van der Waals surface area contributed by atoms with Crippen molar-refractivity contribution in [3.63, 3.8) is 0 Å². The van der Waals surface area contributed by atoms with Gasteiger partial charge in [0.15, 0.2) is 0 Å². The number of ether oxygens (including phenoxy) is 1. The van der Waals surface area contributed by atoms with Crippen molar-refractivity contribution in [2.75, 3.05) is 7.05 Å². The van der Waals surface area contributed by atoms with Crippen molar-refractivity contribution in [3.05, 3.63) is 53.9 Å². The highest BCUT2D eigenvalue weighted by Crippen LogP contribution is 2.26. The smallest absolute Gasteiger partial charge is 0.135 e. The van der Waals surface area contributed by atoms with Crippen LogP contribution in [0.3, 0.4) is 0 Å². The van der Waals surface area contributed by atoms with Crippen LogP contribution in [0.4, 0.5) is 0 Å². The minimum absolute atomic E-state index is 0.745. The predicted molar refractivity (Wildman–Crippen MR) is 68.3 cm³/mol. The van der Waals surface area contributed by atoms with Crippen LogP contribution < -0.4 is 10.1 Å². The molecule has 0 radical (unpaired) electrons. The molecular formula is C14H16N2O. The molecule has 88 valence electrons. The zero-order valence-corrected chi connectivity index (χ0v) is 10.1. The number of hydrogen-bond donors (Lipinski definition) is 1. The second-order valence-corrected chi connectivity index (χ2v) is 3.88. The summed E-state index contributed by atoms with van der Waals surface area (Å²) in [6, 6.07) is 9.87. The Hall–Kier alpha value is -1.87. The summed E-state index contributed by atoms with van der Waals surface area (Å²) in [6.45, 7) is 2.78. The van der Waals surface area contributed by atoms with Crippen molar-refractivity contribution >= 4 is 0 Å². The molecule has 0 atom stereocenters. The lowest BCUT2D eigenvalue weighted by Crippen LogP contribution is -2.06. The van der Waals surface area contributed by atoms with Gasteiger partial charge in [-0.1, -0.05) is 18.2 Å². The highest BCUT2D eigenvalue weighted by atomic mass is 16.5. The van der Waals surface area contributed by atoms with Gasteiger partial charge in [0.1, 0.15) is 11.5 Å². The maximum absolute atomic E-state index is 5.91. The Morgan fingerprint density at radius 2 is 2.00 bits per heavy atom. The van der Waals surface area contributed by atoms with E-state index in [1.807, 2.05) is 50.5 Å². The molecule has 0 bridgehead atoms. The highest BCUT2D eigenvalue weighted by molar-refractivity contribution is 5.39. The van der Waals surface area contributed by atoms with Crippen LogP contribution in [0, 0.1) is 6.92 Å². The van der Waals surface area contributed by atoms with Crippen LogP contribution in [0.1, 0.15) is 11.1 Å². The fraction of sp³-hybridized carbons (Fsp3) is 0.214. The fourth-order valence-corrected chi connectivity index (χ4v) is 1.63. The van der Waals surface area contributed by atoms with E-state index in [-0.39, 0.29) is 0 Å². The lowest BCUT2D eigenvalue weighted by atomic mass is 10.2. The van der Waals surface area contributed by atoms with Gasteiger partial charge >= 0.3 is 0 Å². The second kappa shape index (κ2) is 5.46. The summed E-state index contributed by atoms with van der Waals surface area (Å²) < 4.78 is 5.91. The average Bonchev–Trinajstić information content (AvgIpc) is 2.35. The van der Waals surface area contributed by atoms with Crippen molar-refractivity contribution in [2.24, 2.45) is 0 Å². The van der Waals surface area contributed by atoms with E-state index in [1.165, 1.54) is 0 Å². The molecule has 2 aromatic rings. The largest absolute Gasteiger partial charge is 0.457 e. The second-order valence-electron chi connectivity index (χ2n) is 3.88. The Morgan fingerprint density at radius 1 is 1.18 bits per heavy atom. The van der Waals surface area contributed by atoms with Crippen LogP contribution in [-0.2, 0) is 6.54 Å². The molecule has 17 heavy (non-hydrogen) atoms. The van der Waals surface area contributed by atoms with E-state index in [4.69, 9.17) is 4.74 Å². The van der Waals surface area contributed by atoms with Gasteiger partial charge in [0.25, 0.3) is 0 Å². The van der Waals surface area contributed by atoms with Crippen LogP contribution in [0.2, 0.25) is 0 Å². The van der Waals surface area contributed by atoms with Gasteiger partial charge in [-0.2, -0.15) is 0 Å². The number of aryl methyl sites for hydroxylation is 1. The average molecular weight is 228 g/mol. The summed E-state index contributed by atoms with van der Waals surface area (Å²) in [7, 11) is 1.91. The number of nitrogens with zero attached hydrogens (tertiary/aromatic N) is 1. The molecule has 0 fully saturated rings. The van der Waals surface area contributed by atoms with Crippen molar-refractivity contribution < 1.29 is 4.74 Å². The molecule has 3 heteroatoms. The van der Waals surface area contributed by atoms with E-state index in [1.54, 1.807) is 6.20 Å². The van der Waals surface area contributed by atoms with E-state index in [0.717, 1.165) is 29.2 Å². The standard InChI is InChI=1S/C14H16N2O/c1-11-5-3-4-6-13(11)17-14-7-8-16-10-12(14)9-15-2/h3-8,10,15H,9H2,1-2H3. The molecule has 1 aromatic heterocycles.